The first kappa shape index (κ1) is 17.7. The van der Waals surface area contributed by atoms with Crippen molar-refractivity contribution < 1.29 is 4.79 Å². The van der Waals surface area contributed by atoms with Gasteiger partial charge in [-0.2, -0.15) is 0 Å². The Morgan fingerprint density at radius 1 is 1.42 bits per heavy atom. The maximum absolute atomic E-state index is 12.7. The third-order valence-corrected chi connectivity index (χ3v) is 5.82. The van der Waals surface area contributed by atoms with Crippen molar-refractivity contribution in [2.24, 2.45) is 5.92 Å². The Morgan fingerprint density at radius 3 is 3.00 bits per heavy atom. The Kier molecular flexibility index (Phi) is 5.76. The van der Waals surface area contributed by atoms with Crippen LogP contribution in [0.3, 0.4) is 0 Å². The highest BCUT2D eigenvalue weighted by atomic mass is 35.5. The normalized spacial score (nSPS) is 18.0. The van der Waals surface area contributed by atoms with Gasteiger partial charge in [-0.3, -0.25) is 4.79 Å². The number of nitrogens with zero attached hydrogens (tertiary/aromatic N) is 2. The minimum Gasteiger partial charge on any atom is -0.337 e. The fourth-order valence-electron chi connectivity index (χ4n) is 3.00. The minimum atomic E-state index is 0.0124. The lowest BCUT2D eigenvalue weighted by atomic mass is 9.98. The number of piperidine rings is 1. The summed E-state index contributed by atoms with van der Waals surface area (Å²) in [4.78, 5) is 19.1. The zero-order valence-corrected chi connectivity index (χ0v) is 15.7. The number of halogens is 2. The van der Waals surface area contributed by atoms with Gasteiger partial charge in [-0.15, -0.1) is 11.3 Å². The topological polar surface area (TPSA) is 45.2 Å². The number of hydrogen-bond acceptors (Lipinski definition) is 4. The number of hydrogen-bond donors (Lipinski definition) is 1. The van der Waals surface area contributed by atoms with Crippen LogP contribution in [-0.4, -0.2) is 42.5 Å². The molecule has 1 unspecified atom stereocenters. The highest BCUT2D eigenvalue weighted by molar-refractivity contribution is 7.13. The first-order chi connectivity index (χ1) is 11.6. The van der Waals surface area contributed by atoms with Gasteiger partial charge in [0.05, 0.1) is 10.0 Å². The number of rotatable bonds is 4. The highest BCUT2D eigenvalue weighted by Gasteiger charge is 2.25. The van der Waals surface area contributed by atoms with Crippen molar-refractivity contribution in [1.29, 1.82) is 0 Å². The van der Waals surface area contributed by atoms with E-state index in [0.29, 0.717) is 21.7 Å². The molecule has 0 aliphatic carbocycles. The van der Waals surface area contributed by atoms with Gasteiger partial charge in [0.2, 0.25) is 0 Å². The van der Waals surface area contributed by atoms with Gasteiger partial charge in [-0.05, 0) is 44.5 Å². The summed E-state index contributed by atoms with van der Waals surface area (Å²) < 4.78 is 0. The Balaban J connectivity index is 1.74. The van der Waals surface area contributed by atoms with Gasteiger partial charge in [-0.25, -0.2) is 4.98 Å². The molecule has 0 radical (unpaired) electrons. The van der Waals surface area contributed by atoms with Crippen molar-refractivity contribution in [1.82, 2.24) is 15.2 Å². The van der Waals surface area contributed by atoms with Crippen LogP contribution in [0.4, 0.5) is 0 Å². The second kappa shape index (κ2) is 7.83. The monoisotopic (exact) mass is 383 g/mol. The van der Waals surface area contributed by atoms with Crippen molar-refractivity contribution in [3.05, 3.63) is 39.3 Å². The summed E-state index contributed by atoms with van der Waals surface area (Å²) in [6, 6.07) is 5.39. The molecule has 2 aromatic rings. The van der Waals surface area contributed by atoms with Crippen molar-refractivity contribution in [3.63, 3.8) is 0 Å². The van der Waals surface area contributed by atoms with E-state index in [4.69, 9.17) is 23.2 Å². The molecule has 1 aliphatic heterocycles. The van der Waals surface area contributed by atoms with E-state index in [9.17, 15) is 4.79 Å². The number of likely N-dealkylation sites (tertiary alicyclic amines) is 1. The van der Waals surface area contributed by atoms with Gasteiger partial charge in [-0.1, -0.05) is 29.3 Å². The van der Waals surface area contributed by atoms with Crippen LogP contribution in [0.2, 0.25) is 10.0 Å². The molecule has 7 heteroatoms. The van der Waals surface area contributed by atoms with E-state index in [0.717, 1.165) is 43.0 Å². The SMILES string of the molecule is CNCC1CCCN(C(=O)c2csc(-c3ccc(Cl)c(Cl)c3)n2)C1. The van der Waals surface area contributed by atoms with E-state index in [2.05, 4.69) is 10.3 Å². The molecule has 1 saturated heterocycles. The van der Waals surface area contributed by atoms with Crippen molar-refractivity contribution in [2.75, 3.05) is 26.7 Å². The molecule has 128 valence electrons. The second-order valence-corrected chi connectivity index (χ2v) is 7.66. The number of benzene rings is 1. The highest BCUT2D eigenvalue weighted by Crippen LogP contribution is 2.30. The van der Waals surface area contributed by atoms with Crippen LogP contribution in [0.5, 0.6) is 0 Å². The molecule has 3 rings (SSSR count). The molecule has 1 fully saturated rings. The number of aromatic nitrogens is 1. The standard InChI is InChI=1S/C17H19Cl2N3OS/c1-20-8-11-3-2-6-22(9-11)17(23)15-10-24-16(21-15)12-4-5-13(18)14(19)7-12/h4-5,7,10-11,20H,2-3,6,8-9H2,1H3. The summed E-state index contributed by atoms with van der Waals surface area (Å²) in [6.45, 7) is 2.54. The maximum Gasteiger partial charge on any atom is 0.273 e. The van der Waals surface area contributed by atoms with Crippen LogP contribution >= 0.6 is 34.5 Å². The van der Waals surface area contributed by atoms with Crippen molar-refractivity contribution in [3.8, 4) is 10.6 Å². The molecule has 0 saturated carbocycles. The van der Waals surface area contributed by atoms with Crippen LogP contribution < -0.4 is 5.32 Å². The van der Waals surface area contributed by atoms with E-state index in [1.165, 1.54) is 11.3 Å². The summed E-state index contributed by atoms with van der Waals surface area (Å²) in [5, 5.41) is 6.80. The lowest BCUT2D eigenvalue weighted by Gasteiger charge is -2.32. The van der Waals surface area contributed by atoms with Gasteiger partial charge in [0, 0.05) is 24.0 Å². The fraction of sp³-hybridized carbons (Fsp3) is 0.412. The average molecular weight is 384 g/mol. The quantitative estimate of drug-likeness (QED) is 0.860. The predicted octanol–water partition coefficient (Wildman–Crippen LogP) is 4.19. The molecule has 2 heterocycles. The summed E-state index contributed by atoms with van der Waals surface area (Å²) >= 11 is 13.5. The molecule has 1 atom stereocenters. The Bertz CT molecular complexity index is 732. The number of nitrogens with one attached hydrogen (secondary N) is 1. The van der Waals surface area contributed by atoms with E-state index < -0.39 is 0 Å². The Hall–Kier alpha value is -1.14. The molecule has 4 nitrogen and oxygen atoms in total. The number of carbonyl (C=O) groups excluding carboxylic acids is 1. The van der Waals surface area contributed by atoms with Crippen LogP contribution in [0.1, 0.15) is 23.3 Å². The molecule has 1 aromatic heterocycles. The number of amides is 1. The van der Waals surface area contributed by atoms with E-state index in [1.54, 1.807) is 12.1 Å². The van der Waals surface area contributed by atoms with Gasteiger partial charge in [0.25, 0.3) is 5.91 Å². The molecule has 0 bridgehead atoms. The van der Waals surface area contributed by atoms with Gasteiger partial charge in [0.1, 0.15) is 10.7 Å². The first-order valence-electron chi connectivity index (χ1n) is 7.93. The molecular formula is C17H19Cl2N3OS. The zero-order valence-electron chi connectivity index (χ0n) is 13.4. The van der Waals surface area contributed by atoms with Crippen LogP contribution in [0, 0.1) is 5.92 Å². The molecule has 1 N–H and O–H groups in total. The summed E-state index contributed by atoms with van der Waals surface area (Å²) in [6.07, 6.45) is 2.21. The molecule has 24 heavy (non-hydrogen) atoms. The molecular weight excluding hydrogens is 365 g/mol. The fourth-order valence-corrected chi connectivity index (χ4v) is 4.09. The third kappa shape index (κ3) is 3.91. The van der Waals surface area contributed by atoms with Crippen LogP contribution in [0.25, 0.3) is 10.6 Å². The van der Waals surface area contributed by atoms with Crippen LogP contribution in [0.15, 0.2) is 23.6 Å². The summed E-state index contributed by atoms with van der Waals surface area (Å²) in [5.74, 6) is 0.527. The van der Waals surface area contributed by atoms with Crippen molar-refractivity contribution >= 4 is 40.4 Å². The molecule has 1 amide bonds. The Morgan fingerprint density at radius 2 is 2.25 bits per heavy atom. The third-order valence-electron chi connectivity index (χ3n) is 4.19. The van der Waals surface area contributed by atoms with Gasteiger partial charge < -0.3 is 10.2 Å². The first-order valence-corrected chi connectivity index (χ1v) is 9.57. The number of thiazole rings is 1. The molecule has 0 spiro atoms. The average Bonchev–Trinajstić information content (AvgIpc) is 3.07. The largest absolute Gasteiger partial charge is 0.337 e. The second-order valence-electron chi connectivity index (χ2n) is 5.98. The molecule has 1 aromatic carbocycles. The lowest BCUT2D eigenvalue weighted by Crippen LogP contribution is -2.42. The Labute approximate surface area is 155 Å². The van der Waals surface area contributed by atoms with E-state index in [1.807, 2.05) is 23.4 Å². The van der Waals surface area contributed by atoms with Gasteiger partial charge in [0.15, 0.2) is 0 Å². The lowest BCUT2D eigenvalue weighted by molar-refractivity contribution is 0.0669. The molecule has 1 aliphatic rings. The zero-order chi connectivity index (χ0) is 17.1. The van der Waals surface area contributed by atoms with Gasteiger partial charge >= 0.3 is 0 Å². The smallest absolute Gasteiger partial charge is 0.273 e. The minimum absolute atomic E-state index is 0.0124. The number of carbonyl (C=O) groups is 1. The predicted molar refractivity (Wildman–Crippen MR) is 100 cm³/mol. The van der Waals surface area contributed by atoms with Crippen molar-refractivity contribution in [2.45, 2.75) is 12.8 Å². The summed E-state index contributed by atoms with van der Waals surface area (Å²) in [5.41, 5.74) is 1.38. The maximum atomic E-state index is 12.7. The van der Waals surface area contributed by atoms with E-state index >= 15 is 0 Å². The summed E-state index contributed by atoms with van der Waals surface area (Å²) in [7, 11) is 1.95. The van der Waals surface area contributed by atoms with Crippen LogP contribution in [-0.2, 0) is 0 Å². The van der Waals surface area contributed by atoms with E-state index in [-0.39, 0.29) is 5.91 Å².